The summed E-state index contributed by atoms with van der Waals surface area (Å²) in [6.45, 7) is 2.70. The number of nitro groups is 1. The largest absolute Gasteiger partial charge is 0.367 e. The maximum atomic E-state index is 11.0. The number of hydrogen-bond acceptors (Lipinski definition) is 7. The van der Waals surface area contributed by atoms with E-state index >= 15 is 0 Å². The number of nitro benzene ring substituents is 1. The zero-order chi connectivity index (χ0) is 18.4. The number of non-ortho nitro benzene ring substituents is 1. The molecule has 1 heterocycles. The first-order valence-electron chi connectivity index (χ1n) is 9.05. The standard InChI is InChI=1S/C18H24N6O2/c1-2-19-18-22-16(20-13-7-4-3-5-8-13)12-17(23-18)21-14-9-6-10-15(11-14)24(25)26/h6,9-13H,2-5,7-8H2,1H3,(H3,19,20,21,22,23). The molecule has 2 aromatic rings. The molecule has 3 N–H and O–H groups in total. The lowest BCUT2D eigenvalue weighted by Crippen LogP contribution is -2.23. The Labute approximate surface area is 152 Å². The molecule has 26 heavy (non-hydrogen) atoms. The lowest BCUT2D eigenvalue weighted by Gasteiger charge is -2.23. The van der Waals surface area contributed by atoms with Crippen molar-refractivity contribution in [1.29, 1.82) is 0 Å². The van der Waals surface area contributed by atoms with Crippen LogP contribution in [0.3, 0.4) is 0 Å². The summed E-state index contributed by atoms with van der Waals surface area (Å²) < 4.78 is 0. The maximum Gasteiger partial charge on any atom is 0.271 e. The number of anilines is 4. The highest BCUT2D eigenvalue weighted by Gasteiger charge is 2.15. The Morgan fingerprint density at radius 3 is 2.65 bits per heavy atom. The monoisotopic (exact) mass is 356 g/mol. The van der Waals surface area contributed by atoms with Crippen LogP contribution in [0.4, 0.5) is 29.0 Å². The third-order valence-electron chi connectivity index (χ3n) is 4.35. The Hall–Kier alpha value is -2.90. The quantitative estimate of drug-likeness (QED) is 0.501. The molecule has 1 aromatic carbocycles. The molecule has 0 atom stereocenters. The number of aromatic nitrogens is 2. The first kappa shape index (κ1) is 17.9. The molecule has 1 aliphatic carbocycles. The van der Waals surface area contributed by atoms with Crippen LogP contribution in [0.1, 0.15) is 39.0 Å². The van der Waals surface area contributed by atoms with Crippen LogP contribution in [0.15, 0.2) is 30.3 Å². The molecular formula is C18H24N6O2. The molecule has 0 saturated heterocycles. The number of nitrogens with one attached hydrogen (secondary N) is 3. The number of benzene rings is 1. The smallest absolute Gasteiger partial charge is 0.271 e. The van der Waals surface area contributed by atoms with E-state index in [2.05, 4.69) is 25.9 Å². The van der Waals surface area contributed by atoms with Gasteiger partial charge in [0.2, 0.25) is 5.95 Å². The average Bonchev–Trinajstić information content (AvgIpc) is 2.63. The molecule has 8 heteroatoms. The van der Waals surface area contributed by atoms with Gasteiger partial charge in [-0.15, -0.1) is 0 Å². The molecule has 0 radical (unpaired) electrons. The van der Waals surface area contributed by atoms with Gasteiger partial charge in [-0.05, 0) is 25.8 Å². The Morgan fingerprint density at radius 1 is 1.15 bits per heavy atom. The fourth-order valence-electron chi connectivity index (χ4n) is 3.12. The second-order valence-electron chi connectivity index (χ2n) is 6.40. The van der Waals surface area contributed by atoms with Gasteiger partial charge in [-0.25, -0.2) is 0 Å². The van der Waals surface area contributed by atoms with E-state index in [0.29, 0.717) is 30.0 Å². The Kier molecular flexibility index (Phi) is 5.83. The minimum atomic E-state index is -0.411. The van der Waals surface area contributed by atoms with Gasteiger partial charge >= 0.3 is 0 Å². The van der Waals surface area contributed by atoms with E-state index in [1.54, 1.807) is 12.1 Å². The van der Waals surface area contributed by atoms with Gasteiger partial charge in [0.15, 0.2) is 0 Å². The van der Waals surface area contributed by atoms with Crippen molar-refractivity contribution in [1.82, 2.24) is 9.97 Å². The molecule has 3 rings (SSSR count). The minimum Gasteiger partial charge on any atom is -0.367 e. The van der Waals surface area contributed by atoms with E-state index in [4.69, 9.17) is 0 Å². The van der Waals surface area contributed by atoms with E-state index in [-0.39, 0.29) is 5.69 Å². The summed E-state index contributed by atoms with van der Waals surface area (Å²) in [6, 6.07) is 8.64. The van der Waals surface area contributed by atoms with Crippen LogP contribution in [0.25, 0.3) is 0 Å². The predicted octanol–water partition coefficient (Wildman–Crippen LogP) is 4.30. The highest BCUT2D eigenvalue weighted by molar-refractivity contribution is 5.63. The van der Waals surface area contributed by atoms with Gasteiger partial charge in [0.1, 0.15) is 11.6 Å². The Morgan fingerprint density at radius 2 is 1.92 bits per heavy atom. The predicted molar refractivity (Wildman–Crippen MR) is 103 cm³/mol. The molecule has 1 fully saturated rings. The van der Waals surface area contributed by atoms with Crippen molar-refractivity contribution in [2.75, 3.05) is 22.5 Å². The first-order chi connectivity index (χ1) is 12.6. The van der Waals surface area contributed by atoms with Crippen LogP contribution in [-0.4, -0.2) is 27.5 Å². The number of rotatable bonds is 7. The summed E-state index contributed by atoms with van der Waals surface area (Å²) in [5.41, 5.74) is 0.653. The fraction of sp³-hybridized carbons (Fsp3) is 0.444. The van der Waals surface area contributed by atoms with Crippen molar-refractivity contribution >= 4 is 29.0 Å². The third kappa shape index (κ3) is 4.81. The summed E-state index contributed by atoms with van der Waals surface area (Å²) in [5.74, 6) is 1.88. The van der Waals surface area contributed by atoms with Crippen LogP contribution in [0.2, 0.25) is 0 Å². The van der Waals surface area contributed by atoms with Crippen molar-refractivity contribution in [2.24, 2.45) is 0 Å². The van der Waals surface area contributed by atoms with Crippen molar-refractivity contribution in [3.63, 3.8) is 0 Å². The second-order valence-corrected chi connectivity index (χ2v) is 6.40. The number of nitrogens with zero attached hydrogens (tertiary/aromatic N) is 3. The highest BCUT2D eigenvalue weighted by Crippen LogP contribution is 2.25. The van der Waals surface area contributed by atoms with Gasteiger partial charge in [0.25, 0.3) is 5.69 Å². The van der Waals surface area contributed by atoms with Crippen molar-refractivity contribution in [2.45, 2.75) is 45.1 Å². The Bertz CT molecular complexity index is 761. The molecule has 1 aliphatic rings. The summed E-state index contributed by atoms with van der Waals surface area (Å²) in [5, 5.41) is 20.7. The zero-order valence-corrected chi connectivity index (χ0v) is 14.9. The molecule has 0 amide bonds. The molecule has 8 nitrogen and oxygen atoms in total. The maximum absolute atomic E-state index is 11.0. The van der Waals surface area contributed by atoms with Gasteiger partial charge in [-0.3, -0.25) is 10.1 Å². The minimum absolute atomic E-state index is 0.0384. The summed E-state index contributed by atoms with van der Waals surface area (Å²) in [7, 11) is 0. The van der Waals surface area contributed by atoms with E-state index in [1.807, 2.05) is 13.0 Å². The van der Waals surface area contributed by atoms with Crippen molar-refractivity contribution < 1.29 is 4.92 Å². The molecule has 0 bridgehead atoms. The lowest BCUT2D eigenvalue weighted by atomic mass is 9.95. The average molecular weight is 356 g/mol. The summed E-state index contributed by atoms with van der Waals surface area (Å²) >= 11 is 0. The summed E-state index contributed by atoms with van der Waals surface area (Å²) in [6.07, 6.45) is 6.07. The number of hydrogen-bond donors (Lipinski definition) is 3. The molecular weight excluding hydrogens is 332 g/mol. The van der Waals surface area contributed by atoms with Crippen LogP contribution < -0.4 is 16.0 Å². The molecule has 1 aromatic heterocycles. The van der Waals surface area contributed by atoms with Crippen molar-refractivity contribution in [3.8, 4) is 0 Å². The molecule has 0 spiro atoms. The van der Waals surface area contributed by atoms with Crippen LogP contribution >= 0.6 is 0 Å². The third-order valence-corrected chi connectivity index (χ3v) is 4.35. The van der Waals surface area contributed by atoms with Gasteiger partial charge < -0.3 is 16.0 Å². The molecule has 138 valence electrons. The van der Waals surface area contributed by atoms with E-state index in [0.717, 1.165) is 18.7 Å². The van der Waals surface area contributed by atoms with Gasteiger partial charge in [0.05, 0.1) is 4.92 Å². The van der Waals surface area contributed by atoms with Gasteiger partial charge in [0, 0.05) is 36.5 Å². The van der Waals surface area contributed by atoms with Gasteiger partial charge in [-0.1, -0.05) is 25.3 Å². The van der Waals surface area contributed by atoms with Crippen LogP contribution in [-0.2, 0) is 0 Å². The van der Waals surface area contributed by atoms with E-state index in [9.17, 15) is 10.1 Å². The second kappa shape index (κ2) is 8.46. The molecule has 1 saturated carbocycles. The van der Waals surface area contributed by atoms with Crippen molar-refractivity contribution in [3.05, 3.63) is 40.4 Å². The first-order valence-corrected chi connectivity index (χ1v) is 9.05. The normalized spacial score (nSPS) is 14.7. The molecule has 0 unspecified atom stereocenters. The lowest BCUT2D eigenvalue weighted by molar-refractivity contribution is -0.384. The highest BCUT2D eigenvalue weighted by atomic mass is 16.6. The molecule has 0 aliphatic heterocycles. The van der Waals surface area contributed by atoms with E-state index in [1.165, 1.54) is 31.4 Å². The SMILES string of the molecule is CCNc1nc(Nc2cccc([N+](=O)[O-])c2)cc(NC2CCCCC2)n1. The van der Waals surface area contributed by atoms with Crippen LogP contribution in [0.5, 0.6) is 0 Å². The summed E-state index contributed by atoms with van der Waals surface area (Å²) in [4.78, 5) is 19.5. The topological polar surface area (TPSA) is 105 Å². The van der Waals surface area contributed by atoms with E-state index < -0.39 is 4.92 Å². The van der Waals surface area contributed by atoms with Gasteiger partial charge in [-0.2, -0.15) is 9.97 Å². The van der Waals surface area contributed by atoms with Crippen LogP contribution in [0, 0.1) is 10.1 Å². The zero-order valence-electron chi connectivity index (χ0n) is 14.9. The fourth-order valence-corrected chi connectivity index (χ4v) is 3.12. The Balaban J connectivity index is 1.80.